The molecule has 8 heteroatoms. The molecule has 0 N–H and O–H groups in total. The fourth-order valence-electron chi connectivity index (χ4n) is 3.22. The highest BCUT2D eigenvalue weighted by Crippen LogP contribution is 2.34. The van der Waals surface area contributed by atoms with Crippen molar-refractivity contribution < 1.29 is 22.7 Å². The maximum absolute atomic E-state index is 13.0. The van der Waals surface area contributed by atoms with Gasteiger partial charge < -0.3 is 4.74 Å². The van der Waals surface area contributed by atoms with E-state index in [1.165, 1.54) is 6.07 Å². The van der Waals surface area contributed by atoms with Crippen molar-refractivity contribution in [2.75, 3.05) is 11.4 Å². The minimum absolute atomic E-state index is 0.168. The molecule has 0 bridgehead atoms. The number of carbonyl (C=O) groups is 1. The first-order chi connectivity index (χ1) is 13.8. The molecular formula is C21H16F3N3O2. The smallest absolute Gasteiger partial charge is 0.433 e. The average molecular weight is 399 g/mol. The highest BCUT2D eigenvalue weighted by Gasteiger charge is 2.32. The first kappa shape index (κ1) is 18.9. The van der Waals surface area contributed by atoms with E-state index in [1.54, 1.807) is 29.2 Å². The third-order valence-corrected chi connectivity index (χ3v) is 4.60. The van der Waals surface area contributed by atoms with Crippen LogP contribution in [-0.2, 0) is 12.6 Å². The van der Waals surface area contributed by atoms with E-state index in [1.807, 2.05) is 19.1 Å². The Morgan fingerprint density at radius 2 is 1.86 bits per heavy atom. The Balaban J connectivity index is 1.61. The van der Waals surface area contributed by atoms with E-state index in [0.717, 1.165) is 18.0 Å². The predicted octanol–water partition coefficient (Wildman–Crippen LogP) is 4.80. The molecule has 0 spiro atoms. The van der Waals surface area contributed by atoms with Gasteiger partial charge in [0, 0.05) is 23.4 Å². The van der Waals surface area contributed by atoms with Gasteiger partial charge in [0.05, 0.1) is 6.20 Å². The monoisotopic (exact) mass is 399 g/mol. The molecular weight excluding hydrogens is 383 g/mol. The number of halogens is 3. The minimum Gasteiger partial charge on any atom is -0.455 e. The maximum Gasteiger partial charge on any atom is 0.433 e. The topological polar surface area (TPSA) is 55.3 Å². The summed E-state index contributed by atoms with van der Waals surface area (Å²) in [6.45, 7) is 2.28. The van der Waals surface area contributed by atoms with Gasteiger partial charge in [0.15, 0.2) is 0 Å². The van der Waals surface area contributed by atoms with Crippen LogP contribution in [0.25, 0.3) is 0 Å². The molecule has 5 nitrogen and oxygen atoms in total. The molecule has 2 aromatic heterocycles. The number of pyridine rings is 2. The van der Waals surface area contributed by atoms with Crippen molar-refractivity contribution in [2.45, 2.75) is 19.5 Å². The maximum atomic E-state index is 13.0. The van der Waals surface area contributed by atoms with E-state index in [-0.39, 0.29) is 11.7 Å². The molecule has 1 aliphatic heterocycles. The van der Waals surface area contributed by atoms with Gasteiger partial charge in [-0.15, -0.1) is 0 Å². The Kier molecular flexibility index (Phi) is 4.70. The normalized spacial score (nSPS) is 13.9. The predicted molar refractivity (Wildman–Crippen MR) is 100 cm³/mol. The van der Waals surface area contributed by atoms with Crippen molar-refractivity contribution >= 4 is 11.7 Å². The summed E-state index contributed by atoms with van der Waals surface area (Å²) < 4.78 is 43.7. The van der Waals surface area contributed by atoms with Gasteiger partial charge in [0.1, 0.15) is 23.0 Å². The molecule has 1 aliphatic rings. The third kappa shape index (κ3) is 3.78. The van der Waals surface area contributed by atoms with Crippen LogP contribution in [0.3, 0.4) is 0 Å². The van der Waals surface area contributed by atoms with Crippen LogP contribution in [0.1, 0.15) is 27.3 Å². The molecule has 4 rings (SSSR count). The minimum atomic E-state index is -4.51. The van der Waals surface area contributed by atoms with E-state index in [2.05, 4.69) is 9.97 Å². The number of ether oxygens (including phenoxy) is 1. The standard InChI is InChI=1S/C21H16F3N3O2/c1-13-4-2-7-19(26-13)27-11-10-15-16(20(27)28)5-3-6-17(15)29-14-8-9-18(25-12-14)21(22,23)24/h2-9,12H,10-11H2,1H3. The van der Waals surface area contributed by atoms with Crippen LogP contribution in [0.5, 0.6) is 11.5 Å². The molecule has 3 heterocycles. The largest absolute Gasteiger partial charge is 0.455 e. The molecule has 0 radical (unpaired) electrons. The number of amides is 1. The van der Waals surface area contributed by atoms with Gasteiger partial charge in [0.2, 0.25) is 0 Å². The van der Waals surface area contributed by atoms with Crippen molar-refractivity contribution in [3.8, 4) is 11.5 Å². The Morgan fingerprint density at radius 3 is 2.55 bits per heavy atom. The van der Waals surface area contributed by atoms with Crippen molar-refractivity contribution in [1.82, 2.24) is 9.97 Å². The van der Waals surface area contributed by atoms with E-state index in [9.17, 15) is 18.0 Å². The van der Waals surface area contributed by atoms with E-state index in [0.29, 0.717) is 35.7 Å². The van der Waals surface area contributed by atoms with Crippen molar-refractivity contribution in [3.63, 3.8) is 0 Å². The highest BCUT2D eigenvalue weighted by molar-refractivity contribution is 6.08. The molecule has 0 atom stereocenters. The first-order valence-electron chi connectivity index (χ1n) is 8.91. The summed E-state index contributed by atoms with van der Waals surface area (Å²) in [4.78, 5) is 22.4. The summed E-state index contributed by atoms with van der Waals surface area (Å²) in [6, 6.07) is 12.6. The first-order valence-corrected chi connectivity index (χ1v) is 8.91. The molecule has 1 aromatic carbocycles. The van der Waals surface area contributed by atoms with Gasteiger partial charge in [-0.2, -0.15) is 13.2 Å². The number of hydrogen-bond donors (Lipinski definition) is 0. The summed E-state index contributed by atoms with van der Waals surface area (Å²) in [5.74, 6) is 0.982. The number of alkyl halides is 3. The lowest BCUT2D eigenvalue weighted by atomic mass is 9.98. The second-order valence-electron chi connectivity index (χ2n) is 6.61. The summed E-state index contributed by atoms with van der Waals surface area (Å²) in [6.07, 6.45) is -2.96. The SMILES string of the molecule is Cc1cccc(N2CCc3c(Oc4ccc(C(F)(F)F)nc4)cccc3C2=O)n1. The van der Waals surface area contributed by atoms with Crippen LogP contribution in [0.15, 0.2) is 54.7 Å². The lowest BCUT2D eigenvalue weighted by molar-refractivity contribution is -0.141. The van der Waals surface area contributed by atoms with Gasteiger partial charge in [-0.25, -0.2) is 9.97 Å². The van der Waals surface area contributed by atoms with Crippen LogP contribution in [0, 0.1) is 6.92 Å². The zero-order chi connectivity index (χ0) is 20.6. The average Bonchev–Trinajstić information content (AvgIpc) is 2.68. The van der Waals surface area contributed by atoms with Crippen LogP contribution < -0.4 is 9.64 Å². The molecule has 1 amide bonds. The van der Waals surface area contributed by atoms with Crippen molar-refractivity contribution in [3.05, 3.63) is 77.2 Å². The highest BCUT2D eigenvalue weighted by atomic mass is 19.4. The van der Waals surface area contributed by atoms with Gasteiger partial charge >= 0.3 is 6.18 Å². The Hall–Kier alpha value is -3.42. The van der Waals surface area contributed by atoms with E-state index < -0.39 is 11.9 Å². The fraction of sp³-hybridized carbons (Fsp3) is 0.190. The molecule has 0 aliphatic carbocycles. The second kappa shape index (κ2) is 7.20. The van der Waals surface area contributed by atoms with Crippen LogP contribution in [0.4, 0.5) is 19.0 Å². The number of hydrogen-bond acceptors (Lipinski definition) is 4. The summed E-state index contributed by atoms with van der Waals surface area (Å²) in [7, 11) is 0. The van der Waals surface area contributed by atoms with Gasteiger partial charge in [-0.1, -0.05) is 12.1 Å². The van der Waals surface area contributed by atoms with E-state index in [4.69, 9.17) is 4.74 Å². The number of fused-ring (bicyclic) bond motifs is 1. The van der Waals surface area contributed by atoms with Crippen LogP contribution in [-0.4, -0.2) is 22.4 Å². The molecule has 0 saturated heterocycles. The number of nitrogens with zero attached hydrogens (tertiary/aromatic N) is 3. The number of aromatic nitrogens is 2. The quantitative estimate of drug-likeness (QED) is 0.635. The summed E-state index contributed by atoms with van der Waals surface area (Å²) >= 11 is 0. The van der Waals surface area contributed by atoms with Crippen LogP contribution in [0.2, 0.25) is 0 Å². The van der Waals surface area contributed by atoms with Gasteiger partial charge in [0.25, 0.3) is 5.91 Å². The summed E-state index contributed by atoms with van der Waals surface area (Å²) in [5, 5.41) is 0. The molecule has 0 unspecified atom stereocenters. The second-order valence-corrected chi connectivity index (χ2v) is 6.61. The number of carbonyl (C=O) groups excluding carboxylic acids is 1. The third-order valence-electron chi connectivity index (χ3n) is 4.60. The molecule has 0 saturated carbocycles. The molecule has 148 valence electrons. The molecule has 3 aromatic rings. The number of rotatable bonds is 3. The lowest BCUT2D eigenvalue weighted by Gasteiger charge is -2.29. The number of anilines is 1. The Labute approximate surface area is 164 Å². The molecule has 29 heavy (non-hydrogen) atoms. The fourth-order valence-corrected chi connectivity index (χ4v) is 3.22. The van der Waals surface area contributed by atoms with Crippen LogP contribution >= 0.6 is 0 Å². The Morgan fingerprint density at radius 1 is 1.07 bits per heavy atom. The Bertz CT molecular complexity index is 1070. The zero-order valence-electron chi connectivity index (χ0n) is 15.4. The summed E-state index contributed by atoms with van der Waals surface area (Å²) in [5.41, 5.74) is 1.02. The van der Waals surface area contributed by atoms with E-state index >= 15 is 0 Å². The number of benzene rings is 1. The zero-order valence-corrected chi connectivity index (χ0v) is 15.4. The molecule has 0 fully saturated rings. The van der Waals surface area contributed by atoms with Crippen molar-refractivity contribution in [1.29, 1.82) is 0 Å². The van der Waals surface area contributed by atoms with Crippen molar-refractivity contribution in [2.24, 2.45) is 0 Å². The lowest BCUT2D eigenvalue weighted by Crippen LogP contribution is -2.38. The number of aryl methyl sites for hydroxylation is 1. The van der Waals surface area contributed by atoms with Gasteiger partial charge in [-0.05, 0) is 49.7 Å². The van der Waals surface area contributed by atoms with Gasteiger partial charge in [-0.3, -0.25) is 9.69 Å².